The van der Waals surface area contributed by atoms with Gasteiger partial charge in [-0.05, 0) is 42.5 Å². The molecule has 2 N–H and O–H groups in total. The molecule has 0 saturated heterocycles. The van der Waals surface area contributed by atoms with E-state index in [-0.39, 0.29) is 18.0 Å². The lowest BCUT2D eigenvalue weighted by Gasteiger charge is -2.31. The van der Waals surface area contributed by atoms with E-state index in [1.54, 1.807) is 41.3 Å². The number of carboxylic acid groups (broad SMARTS) is 1. The highest BCUT2D eigenvalue weighted by Crippen LogP contribution is 2.36. The van der Waals surface area contributed by atoms with Crippen molar-refractivity contribution < 1.29 is 14.7 Å². The summed E-state index contributed by atoms with van der Waals surface area (Å²) in [5, 5.41) is 12.4. The number of hydrogen-bond acceptors (Lipinski definition) is 3. The number of nitrogens with one attached hydrogen (secondary N) is 1. The summed E-state index contributed by atoms with van der Waals surface area (Å²) in [7, 11) is 0. The molecular weight excluding hydrogens is 292 g/mol. The Balaban J connectivity index is 2.10. The summed E-state index contributed by atoms with van der Waals surface area (Å²) in [4.78, 5) is 24.7. The zero-order chi connectivity index (χ0) is 15.0. The van der Waals surface area contributed by atoms with Crippen molar-refractivity contribution in [2.45, 2.75) is 0 Å². The van der Waals surface area contributed by atoms with Crippen LogP contribution in [0.2, 0.25) is 5.02 Å². The molecule has 0 spiro atoms. The molecular formula is C15H11ClN2O3. The normalized spacial score (nSPS) is 13.6. The molecule has 21 heavy (non-hydrogen) atoms. The Morgan fingerprint density at radius 1 is 1.19 bits per heavy atom. The minimum Gasteiger partial charge on any atom is -0.478 e. The zero-order valence-electron chi connectivity index (χ0n) is 10.8. The van der Waals surface area contributed by atoms with Crippen molar-refractivity contribution in [3.8, 4) is 0 Å². The van der Waals surface area contributed by atoms with Gasteiger partial charge in [-0.1, -0.05) is 11.6 Å². The maximum Gasteiger partial charge on any atom is 0.335 e. The summed E-state index contributed by atoms with van der Waals surface area (Å²) in [6.45, 7) is 0.123. The van der Waals surface area contributed by atoms with E-state index in [1.807, 2.05) is 0 Å². The summed E-state index contributed by atoms with van der Waals surface area (Å²) >= 11 is 5.87. The van der Waals surface area contributed by atoms with E-state index >= 15 is 0 Å². The second-order valence-corrected chi connectivity index (χ2v) is 5.08. The van der Waals surface area contributed by atoms with Gasteiger partial charge in [-0.2, -0.15) is 0 Å². The maximum absolute atomic E-state index is 11.8. The van der Waals surface area contributed by atoms with Crippen molar-refractivity contribution in [3.63, 3.8) is 0 Å². The Labute approximate surface area is 125 Å². The smallest absolute Gasteiger partial charge is 0.335 e. The van der Waals surface area contributed by atoms with E-state index in [0.717, 1.165) is 5.69 Å². The first kappa shape index (κ1) is 13.5. The number of halogens is 1. The second-order valence-electron chi connectivity index (χ2n) is 4.65. The summed E-state index contributed by atoms with van der Waals surface area (Å²) in [5.74, 6) is -1.16. The molecule has 3 rings (SSSR count). The Kier molecular flexibility index (Phi) is 3.27. The molecule has 0 bridgehead atoms. The predicted molar refractivity (Wildman–Crippen MR) is 80.5 cm³/mol. The van der Waals surface area contributed by atoms with E-state index in [4.69, 9.17) is 16.7 Å². The van der Waals surface area contributed by atoms with Crippen LogP contribution in [0.1, 0.15) is 10.4 Å². The number of rotatable bonds is 2. The first-order chi connectivity index (χ1) is 10.0. The van der Waals surface area contributed by atoms with Crippen LogP contribution in [0.3, 0.4) is 0 Å². The number of fused-ring (bicyclic) bond motifs is 1. The molecule has 1 aliphatic heterocycles. The standard InChI is InChI=1S/C15H11ClN2O3/c16-10-2-4-11(5-3-10)18-8-14(19)17-12-6-1-9(15(20)21)7-13(12)18/h1-7H,8H2,(H,17,19)(H,20,21). The summed E-state index contributed by atoms with van der Waals surface area (Å²) < 4.78 is 0. The van der Waals surface area contributed by atoms with Gasteiger partial charge in [0.15, 0.2) is 0 Å². The molecule has 0 unspecified atom stereocenters. The molecule has 0 aliphatic carbocycles. The predicted octanol–water partition coefficient (Wildman–Crippen LogP) is 3.13. The van der Waals surface area contributed by atoms with E-state index in [0.29, 0.717) is 16.4 Å². The van der Waals surface area contributed by atoms with Crippen LogP contribution in [-0.2, 0) is 4.79 Å². The Morgan fingerprint density at radius 3 is 2.57 bits per heavy atom. The van der Waals surface area contributed by atoms with Crippen LogP contribution >= 0.6 is 11.6 Å². The van der Waals surface area contributed by atoms with E-state index in [1.165, 1.54) is 6.07 Å². The molecule has 0 fully saturated rings. The molecule has 2 aromatic carbocycles. The Hall–Kier alpha value is -2.53. The fraction of sp³-hybridized carbons (Fsp3) is 0.0667. The number of carboxylic acids is 1. The second kappa shape index (κ2) is 5.10. The SMILES string of the molecule is O=C1CN(c2ccc(Cl)cc2)c2cc(C(=O)O)ccc2N1. The number of carbonyl (C=O) groups is 2. The minimum absolute atomic E-state index is 0.123. The van der Waals surface area contributed by atoms with E-state index in [9.17, 15) is 9.59 Å². The average molecular weight is 303 g/mol. The van der Waals surface area contributed by atoms with Crippen LogP contribution in [-0.4, -0.2) is 23.5 Å². The Morgan fingerprint density at radius 2 is 1.90 bits per heavy atom. The van der Waals surface area contributed by atoms with Crippen LogP contribution in [0.4, 0.5) is 17.1 Å². The number of aromatic carboxylic acids is 1. The third-order valence-corrected chi connectivity index (χ3v) is 3.50. The molecule has 5 nitrogen and oxygen atoms in total. The lowest BCUT2D eigenvalue weighted by atomic mass is 10.1. The molecule has 6 heteroatoms. The molecule has 1 aliphatic rings. The van der Waals surface area contributed by atoms with Crippen LogP contribution in [0.15, 0.2) is 42.5 Å². The molecule has 0 aromatic heterocycles. The highest BCUT2D eigenvalue weighted by Gasteiger charge is 2.24. The highest BCUT2D eigenvalue weighted by atomic mass is 35.5. The lowest BCUT2D eigenvalue weighted by Crippen LogP contribution is -2.35. The first-order valence-corrected chi connectivity index (χ1v) is 6.63. The fourth-order valence-corrected chi connectivity index (χ4v) is 2.39. The molecule has 1 heterocycles. The van der Waals surface area contributed by atoms with Crippen molar-refractivity contribution in [2.24, 2.45) is 0 Å². The third kappa shape index (κ3) is 2.55. The summed E-state index contributed by atoms with van der Waals surface area (Å²) in [6.07, 6.45) is 0. The number of amides is 1. The van der Waals surface area contributed by atoms with Crippen molar-refractivity contribution in [1.82, 2.24) is 0 Å². The number of hydrogen-bond donors (Lipinski definition) is 2. The molecule has 1 amide bonds. The first-order valence-electron chi connectivity index (χ1n) is 6.25. The summed E-state index contributed by atoms with van der Waals surface area (Å²) in [5.41, 5.74) is 2.19. The molecule has 2 aromatic rings. The van der Waals surface area contributed by atoms with Gasteiger partial charge in [-0.3, -0.25) is 4.79 Å². The quantitative estimate of drug-likeness (QED) is 0.894. The molecule has 0 saturated carbocycles. The molecule has 106 valence electrons. The number of nitrogens with zero attached hydrogens (tertiary/aromatic N) is 1. The van der Waals surface area contributed by atoms with Gasteiger partial charge in [0, 0.05) is 10.7 Å². The van der Waals surface area contributed by atoms with Gasteiger partial charge in [0.2, 0.25) is 5.91 Å². The fourth-order valence-electron chi connectivity index (χ4n) is 2.26. The van der Waals surface area contributed by atoms with Gasteiger partial charge >= 0.3 is 5.97 Å². The monoisotopic (exact) mass is 302 g/mol. The summed E-state index contributed by atoms with van der Waals surface area (Å²) in [6, 6.07) is 11.6. The van der Waals surface area contributed by atoms with Crippen LogP contribution in [0, 0.1) is 0 Å². The topological polar surface area (TPSA) is 69.6 Å². The Bertz CT molecular complexity index is 728. The third-order valence-electron chi connectivity index (χ3n) is 3.25. The van der Waals surface area contributed by atoms with Crippen molar-refractivity contribution in [3.05, 3.63) is 53.1 Å². The average Bonchev–Trinajstić information content (AvgIpc) is 2.46. The van der Waals surface area contributed by atoms with Gasteiger partial charge in [0.1, 0.15) is 6.54 Å². The van der Waals surface area contributed by atoms with Crippen LogP contribution in [0.5, 0.6) is 0 Å². The maximum atomic E-state index is 11.8. The van der Waals surface area contributed by atoms with Gasteiger partial charge in [0.05, 0.1) is 16.9 Å². The lowest BCUT2D eigenvalue weighted by molar-refractivity contribution is -0.115. The number of anilines is 3. The van der Waals surface area contributed by atoms with Gasteiger partial charge in [-0.25, -0.2) is 4.79 Å². The minimum atomic E-state index is -1.01. The van der Waals surface area contributed by atoms with Crippen LogP contribution < -0.4 is 10.2 Å². The zero-order valence-corrected chi connectivity index (χ0v) is 11.6. The van der Waals surface area contributed by atoms with E-state index < -0.39 is 5.97 Å². The van der Waals surface area contributed by atoms with Crippen molar-refractivity contribution in [2.75, 3.05) is 16.8 Å². The van der Waals surface area contributed by atoms with Crippen molar-refractivity contribution >= 4 is 40.5 Å². The van der Waals surface area contributed by atoms with Crippen molar-refractivity contribution in [1.29, 1.82) is 0 Å². The largest absolute Gasteiger partial charge is 0.478 e. The number of benzene rings is 2. The van der Waals surface area contributed by atoms with Gasteiger partial charge < -0.3 is 15.3 Å². The van der Waals surface area contributed by atoms with Gasteiger partial charge in [0.25, 0.3) is 0 Å². The van der Waals surface area contributed by atoms with E-state index in [2.05, 4.69) is 5.32 Å². The number of carbonyl (C=O) groups excluding carboxylic acids is 1. The molecule has 0 radical (unpaired) electrons. The highest BCUT2D eigenvalue weighted by molar-refractivity contribution is 6.30. The van der Waals surface area contributed by atoms with Gasteiger partial charge in [-0.15, -0.1) is 0 Å². The van der Waals surface area contributed by atoms with Crippen LogP contribution in [0.25, 0.3) is 0 Å². The molecule has 0 atom stereocenters.